The molecular formula is C8H5F2N3O2. The summed E-state index contributed by atoms with van der Waals surface area (Å²) in [5.41, 5.74) is 7.04. The first-order valence-corrected chi connectivity index (χ1v) is 3.79. The minimum Gasteiger partial charge on any atom is -0.478 e. The van der Waals surface area contributed by atoms with Crippen molar-refractivity contribution in [2.45, 2.75) is 6.54 Å². The van der Waals surface area contributed by atoms with E-state index in [2.05, 4.69) is 10.0 Å². The summed E-state index contributed by atoms with van der Waals surface area (Å²) in [6.45, 7) is -0.362. The third-order valence-corrected chi connectivity index (χ3v) is 1.70. The quantitative estimate of drug-likeness (QED) is 0.475. The zero-order chi connectivity index (χ0) is 11.4. The highest BCUT2D eigenvalue weighted by Crippen LogP contribution is 2.17. The molecule has 0 saturated carbocycles. The van der Waals surface area contributed by atoms with Crippen molar-refractivity contribution in [1.82, 2.24) is 0 Å². The van der Waals surface area contributed by atoms with Crippen molar-refractivity contribution in [1.29, 1.82) is 0 Å². The number of azide groups is 1. The summed E-state index contributed by atoms with van der Waals surface area (Å²) in [4.78, 5) is 12.8. The van der Waals surface area contributed by atoms with Crippen LogP contribution in [0.1, 0.15) is 15.9 Å². The Morgan fingerprint density at radius 3 is 2.67 bits per heavy atom. The van der Waals surface area contributed by atoms with Crippen molar-refractivity contribution in [2.24, 2.45) is 5.11 Å². The number of aromatic carboxylic acids is 1. The van der Waals surface area contributed by atoms with Crippen LogP contribution in [0.3, 0.4) is 0 Å². The maximum Gasteiger partial charge on any atom is 0.338 e. The molecule has 15 heavy (non-hydrogen) atoms. The molecule has 0 aliphatic heterocycles. The van der Waals surface area contributed by atoms with Gasteiger partial charge in [0.15, 0.2) is 11.6 Å². The Bertz CT molecular complexity index is 455. The highest BCUT2D eigenvalue weighted by molar-refractivity contribution is 5.88. The number of halogens is 2. The second-order valence-corrected chi connectivity index (χ2v) is 2.59. The van der Waals surface area contributed by atoms with Gasteiger partial charge >= 0.3 is 5.97 Å². The van der Waals surface area contributed by atoms with Crippen molar-refractivity contribution < 1.29 is 18.7 Å². The molecule has 78 valence electrons. The van der Waals surface area contributed by atoms with Crippen molar-refractivity contribution in [2.75, 3.05) is 0 Å². The van der Waals surface area contributed by atoms with Crippen LogP contribution in [-0.2, 0) is 6.54 Å². The smallest absolute Gasteiger partial charge is 0.338 e. The first kappa shape index (κ1) is 10.9. The van der Waals surface area contributed by atoms with Crippen LogP contribution >= 0.6 is 0 Å². The Balaban J connectivity index is 3.20. The molecule has 0 fully saturated rings. The second-order valence-electron chi connectivity index (χ2n) is 2.59. The summed E-state index contributed by atoms with van der Waals surface area (Å²) in [6, 6.07) is 1.99. The Morgan fingerprint density at radius 2 is 2.13 bits per heavy atom. The van der Waals surface area contributed by atoms with Crippen molar-refractivity contribution in [3.8, 4) is 0 Å². The minimum atomic E-state index is -1.55. The average Bonchev–Trinajstić information content (AvgIpc) is 2.20. The molecule has 0 saturated heterocycles. The second kappa shape index (κ2) is 4.39. The molecule has 0 radical (unpaired) electrons. The van der Waals surface area contributed by atoms with E-state index < -0.39 is 23.2 Å². The maximum atomic E-state index is 13.1. The minimum absolute atomic E-state index is 0.185. The number of carbonyl (C=O) groups is 1. The Labute approximate surface area is 82.6 Å². The van der Waals surface area contributed by atoms with Gasteiger partial charge in [0.05, 0.1) is 12.1 Å². The lowest BCUT2D eigenvalue weighted by atomic mass is 10.1. The molecule has 1 N–H and O–H groups in total. The lowest BCUT2D eigenvalue weighted by molar-refractivity contribution is 0.0690. The summed E-state index contributed by atoms with van der Waals surface area (Å²) in [7, 11) is 0. The van der Waals surface area contributed by atoms with Gasteiger partial charge in [-0.25, -0.2) is 13.6 Å². The van der Waals surface area contributed by atoms with E-state index in [1.165, 1.54) is 0 Å². The zero-order valence-electron chi connectivity index (χ0n) is 7.31. The van der Waals surface area contributed by atoms with Crippen LogP contribution in [0.15, 0.2) is 17.2 Å². The number of benzene rings is 1. The van der Waals surface area contributed by atoms with Crippen LogP contribution in [0, 0.1) is 11.6 Å². The Morgan fingerprint density at radius 1 is 1.47 bits per heavy atom. The average molecular weight is 213 g/mol. The van der Waals surface area contributed by atoms with Crippen LogP contribution in [0.2, 0.25) is 0 Å². The van der Waals surface area contributed by atoms with Gasteiger partial charge in [0.25, 0.3) is 0 Å². The monoisotopic (exact) mass is 213 g/mol. The van der Waals surface area contributed by atoms with E-state index in [1.807, 2.05) is 0 Å². The fourth-order valence-corrected chi connectivity index (χ4v) is 0.985. The van der Waals surface area contributed by atoms with Crippen LogP contribution in [0.4, 0.5) is 8.78 Å². The van der Waals surface area contributed by atoms with Crippen molar-refractivity contribution in [3.05, 3.63) is 45.3 Å². The Hall–Kier alpha value is -2.14. The van der Waals surface area contributed by atoms with E-state index in [9.17, 15) is 13.6 Å². The SMILES string of the molecule is [N-]=[N+]=NCc1ccc(C(=O)O)c(F)c1F. The van der Waals surface area contributed by atoms with Gasteiger partial charge in [0.2, 0.25) is 0 Å². The molecule has 0 aliphatic rings. The third-order valence-electron chi connectivity index (χ3n) is 1.70. The summed E-state index contributed by atoms with van der Waals surface area (Å²) < 4.78 is 26.2. The molecule has 0 atom stereocenters. The standard InChI is InChI=1S/C8H5F2N3O2/c9-6-4(3-12-13-11)1-2-5(7(6)10)8(14)15/h1-2H,3H2,(H,14,15). The van der Waals surface area contributed by atoms with Gasteiger partial charge in [-0.2, -0.15) is 0 Å². The van der Waals surface area contributed by atoms with Crippen molar-refractivity contribution >= 4 is 5.97 Å². The molecule has 5 nitrogen and oxygen atoms in total. The molecule has 1 rings (SSSR count). The predicted octanol–water partition coefficient (Wildman–Crippen LogP) is 2.47. The molecule has 0 unspecified atom stereocenters. The lowest BCUT2D eigenvalue weighted by Crippen LogP contribution is -2.04. The van der Waals surface area contributed by atoms with Gasteiger partial charge < -0.3 is 5.11 Å². The summed E-state index contributed by atoms with van der Waals surface area (Å²) in [5, 5.41) is 11.5. The molecule has 7 heteroatoms. The van der Waals surface area contributed by atoms with Gasteiger partial charge in [-0.1, -0.05) is 11.2 Å². The van der Waals surface area contributed by atoms with Crippen LogP contribution in [-0.4, -0.2) is 11.1 Å². The summed E-state index contributed by atoms with van der Waals surface area (Å²) >= 11 is 0. The van der Waals surface area contributed by atoms with E-state index in [1.54, 1.807) is 0 Å². The third kappa shape index (κ3) is 2.21. The highest BCUT2D eigenvalue weighted by atomic mass is 19.2. The van der Waals surface area contributed by atoms with E-state index in [-0.39, 0.29) is 12.1 Å². The van der Waals surface area contributed by atoms with E-state index in [0.717, 1.165) is 12.1 Å². The molecule has 0 aromatic heterocycles. The highest BCUT2D eigenvalue weighted by Gasteiger charge is 2.17. The molecular weight excluding hydrogens is 208 g/mol. The van der Waals surface area contributed by atoms with Crippen LogP contribution in [0.25, 0.3) is 10.4 Å². The van der Waals surface area contributed by atoms with Gasteiger partial charge in [-0.15, -0.1) is 0 Å². The number of nitrogens with zero attached hydrogens (tertiary/aromatic N) is 3. The summed E-state index contributed by atoms with van der Waals surface area (Å²) in [6.07, 6.45) is 0. The normalized spacial score (nSPS) is 9.47. The van der Waals surface area contributed by atoms with Gasteiger partial charge in [0.1, 0.15) is 0 Å². The van der Waals surface area contributed by atoms with Crippen LogP contribution in [0.5, 0.6) is 0 Å². The number of carboxylic acid groups (broad SMARTS) is 1. The number of carboxylic acids is 1. The molecule has 1 aromatic rings. The molecule has 0 amide bonds. The van der Waals surface area contributed by atoms with E-state index in [4.69, 9.17) is 10.6 Å². The van der Waals surface area contributed by atoms with E-state index in [0.29, 0.717) is 0 Å². The summed E-state index contributed by atoms with van der Waals surface area (Å²) in [5.74, 6) is -4.31. The topological polar surface area (TPSA) is 86.1 Å². The van der Waals surface area contributed by atoms with Gasteiger partial charge in [-0.05, 0) is 17.2 Å². The number of rotatable bonds is 3. The first-order valence-electron chi connectivity index (χ1n) is 3.79. The predicted molar refractivity (Wildman–Crippen MR) is 46.2 cm³/mol. The molecule has 0 aliphatic carbocycles. The zero-order valence-corrected chi connectivity index (χ0v) is 7.31. The number of hydrogen-bond donors (Lipinski definition) is 1. The largest absolute Gasteiger partial charge is 0.478 e. The lowest BCUT2D eigenvalue weighted by Gasteiger charge is -2.02. The fraction of sp³-hybridized carbons (Fsp3) is 0.125. The molecule has 1 aromatic carbocycles. The van der Waals surface area contributed by atoms with Crippen molar-refractivity contribution in [3.63, 3.8) is 0 Å². The Kier molecular flexibility index (Phi) is 3.20. The van der Waals surface area contributed by atoms with Crippen LogP contribution < -0.4 is 0 Å². The molecule has 0 spiro atoms. The van der Waals surface area contributed by atoms with E-state index >= 15 is 0 Å². The number of hydrogen-bond acceptors (Lipinski definition) is 2. The molecule has 0 heterocycles. The van der Waals surface area contributed by atoms with Gasteiger partial charge in [-0.3, -0.25) is 0 Å². The fourth-order valence-electron chi connectivity index (χ4n) is 0.985. The molecule has 0 bridgehead atoms. The maximum absolute atomic E-state index is 13.1. The van der Waals surface area contributed by atoms with Gasteiger partial charge in [0, 0.05) is 4.91 Å². The first-order chi connectivity index (χ1) is 7.07.